The number of aryl methyl sites for hydroxylation is 2. The van der Waals surface area contributed by atoms with E-state index in [-0.39, 0.29) is 11.4 Å². The fourth-order valence-corrected chi connectivity index (χ4v) is 2.37. The minimum Gasteiger partial charge on any atom is -0.466 e. The lowest BCUT2D eigenvalue weighted by atomic mass is 10.1. The molecule has 0 bridgehead atoms. The van der Waals surface area contributed by atoms with E-state index in [0.29, 0.717) is 11.1 Å². The van der Waals surface area contributed by atoms with Gasteiger partial charge in [-0.05, 0) is 37.6 Å². The number of benzene rings is 1. The van der Waals surface area contributed by atoms with Crippen LogP contribution in [0.5, 0.6) is 0 Å². The standard InChI is InChI=1S/C18H18F3N3O3/c1-11-6-4-8-13(10-11)15(25)24-17(16(26)27-3,18(19,20)21)23-14-12(2)7-5-9-22-14/h4-10H,1-3H3,(H,22,23)(H,24,25)/t17-/m0/s1. The number of esters is 1. The van der Waals surface area contributed by atoms with Gasteiger partial charge in [0, 0.05) is 11.8 Å². The van der Waals surface area contributed by atoms with Crippen molar-refractivity contribution in [3.05, 3.63) is 59.3 Å². The Labute approximate surface area is 153 Å². The number of nitrogens with one attached hydrogen (secondary N) is 2. The number of pyridine rings is 1. The summed E-state index contributed by atoms with van der Waals surface area (Å²) in [4.78, 5) is 28.5. The number of carbonyl (C=O) groups excluding carboxylic acids is 2. The van der Waals surface area contributed by atoms with Gasteiger partial charge in [-0.15, -0.1) is 0 Å². The fourth-order valence-electron chi connectivity index (χ4n) is 2.37. The Morgan fingerprint density at radius 3 is 2.37 bits per heavy atom. The van der Waals surface area contributed by atoms with E-state index in [2.05, 4.69) is 9.72 Å². The Morgan fingerprint density at radius 1 is 1.11 bits per heavy atom. The number of rotatable bonds is 5. The lowest BCUT2D eigenvalue weighted by molar-refractivity contribution is -0.203. The molecular formula is C18H18F3N3O3. The zero-order valence-electron chi connectivity index (χ0n) is 14.8. The molecule has 0 aliphatic carbocycles. The van der Waals surface area contributed by atoms with Crippen molar-refractivity contribution in [2.75, 3.05) is 12.4 Å². The summed E-state index contributed by atoms with van der Waals surface area (Å²) in [7, 11) is 0.800. The van der Waals surface area contributed by atoms with Gasteiger partial charge in [-0.1, -0.05) is 23.8 Å². The second kappa shape index (κ2) is 7.65. The van der Waals surface area contributed by atoms with Gasteiger partial charge in [0.2, 0.25) is 0 Å². The molecule has 0 unspecified atom stereocenters. The topological polar surface area (TPSA) is 80.3 Å². The van der Waals surface area contributed by atoms with Crippen LogP contribution >= 0.6 is 0 Å². The van der Waals surface area contributed by atoms with Gasteiger partial charge in [-0.3, -0.25) is 4.79 Å². The smallest absolute Gasteiger partial charge is 0.441 e. The largest absolute Gasteiger partial charge is 0.466 e. The van der Waals surface area contributed by atoms with E-state index in [0.717, 1.165) is 7.11 Å². The number of aromatic nitrogens is 1. The molecule has 1 aromatic heterocycles. The van der Waals surface area contributed by atoms with E-state index in [1.807, 2.05) is 5.32 Å². The molecule has 0 saturated heterocycles. The maximum Gasteiger partial charge on any atom is 0.441 e. The van der Waals surface area contributed by atoms with Crippen LogP contribution in [0.15, 0.2) is 42.6 Å². The second-order valence-electron chi connectivity index (χ2n) is 5.86. The third-order valence-electron chi connectivity index (χ3n) is 3.81. The van der Waals surface area contributed by atoms with Crippen molar-refractivity contribution < 1.29 is 27.5 Å². The Balaban J connectivity index is 2.52. The molecule has 1 heterocycles. The molecule has 1 atom stereocenters. The first kappa shape index (κ1) is 20.2. The van der Waals surface area contributed by atoms with Gasteiger partial charge in [0.25, 0.3) is 5.91 Å². The highest BCUT2D eigenvalue weighted by molar-refractivity contribution is 5.99. The number of carbonyl (C=O) groups is 2. The predicted octanol–water partition coefficient (Wildman–Crippen LogP) is 2.97. The lowest BCUT2D eigenvalue weighted by Crippen LogP contribution is -2.69. The zero-order valence-corrected chi connectivity index (χ0v) is 14.8. The predicted molar refractivity (Wildman–Crippen MR) is 92.0 cm³/mol. The van der Waals surface area contributed by atoms with Crippen LogP contribution in [0, 0.1) is 13.8 Å². The highest BCUT2D eigenvalue weighted by Gasteiger charge is 2.63. The molecule has 0 aliphatic rings. The van der Waals surface area contributed by atoms with Crippen LogP contribution in [0.1, 0.15) is 21.5 Å². The Morgan fingerprint density at radius 2 is 1.81 bits per heavy atom. The molecule has 144 valence electrons. The number of ether oxygens (including phenoxy) is 1. The molecule has 2 aromatic rings. The highest BCUT2D eigenvalue weighted by Crippen LogP contribution is 2.33. The van der Waals surface area contributed by atoms with Gasteiger partial charge >= 0.3 is 17.8 Å². The molecule has 27 heavy (non-hydrogen) atoms. The van der Waals surface area contributed by atoms with Crippen molar-refractivity contribution in [3.63, 3.8) is 0 Å². The third kappa shape index (κ3) is 4.18. The van der Waals surface area contributed by atoms with Crippen molar-refractivity contribution >= 4 is 17.7 Å². The number of hydrogen-bond donors (Lipinski definition) is 2. The molecule has 0 spiro atoms. The van der Waals surface area contributed by atoms with Gasteiger partial charge in [-0.25, -0.2) is 9.78 Å². The Bertz CT molecular complexity index is 855. The maximum absolute atomic E-state index is 14.0. The van der Waals surface area contributed by atoms with Crippen LogP contribution in [-0.4, -0.2) is 35.8 Å². The first-order chi connectivity index (χ1) is 12.6. The highest BCUT2D eigenvalue weighted by atomic mass is 19.4. The SMILES string of the molecule is COC(=O)[C@@](NC(=O)c1cccc(C)c1)(Nc1ncccc1C)C(F)(F)F. The molecule has 9 heteroatoms. The number of anilines is 1. The van der Waals surface area contributed by atoms with Gasteiger partial charge < -0.3 is 15.4 Å². The lowest BCUT2D eigenvalue weighted by Gasteiger charge is -2.35. The molecule has 0 saturated carbocycles. The van der Waals surface area contributed by atoms with Crippen LogP contribution in [0.4, 0.5) is 19.0 Å². The molecule has 2 N–H and O–H groups in total. The zero-order chi connectivity index (χ0) is 20.2. The minimum absolute atomic E-state index is 0.0351. The quantitative estimate of drug-likeness (QED) is 0.615. The summed E-state index contributed by atoms with van der Waals surface area (Å²) in [6, 6.07) is 8.99. The molecule has 1 amide bonds. The van der Waals surface area contributed by atoms with E-state index in [1.165, 1.54) is 43.5 Å². The van der Waals surface area contributed by atoms with E-state index >= 15 is 0 Å². The monoisotopic (exact) mass is 381 g/mol. The molecule has 6 nitrogen and oxygen atoms in total. The molecule has 0 radical (unpaired) electrons. The number of hydrogen-bond acceptors (Lipinski definition) is 5. The van der Waals surface area contributed by atoms with Crippen LogP contribution < -0.4 is 10.6 Å². The number of nitrogens with zero attached hydrogens (tertiary/aromatic N) is 1. The third-order valence-corrected chi connectivity index (χ3v) is 3.81. The van der Waals surface area contributed by atoms with Gasteiger partial charge in [-0.2, -0.15) is 13.2 Å². The van der Waals surface area contributed by atoms with E-state index < -0.39 is 23.7 Å². The van der Waals surface area contributed by atoms with E-state index in [1.54, 1.807) is 18.3 Å². The maximum atomic E-state index is 14.0. The number of amides is 1. The summed E-state index contributed by atoms with van der Waals surface area (Å²) in [5, 5.41) is 3.77. The first-order valence-electron chi connectivity index (χ1n) is 7.85. The van der Waals surface area contributed by atoms with E-state index in [4.69, 9.17) is 0 Å². The molecule has 2 rings (SSSR count). The molecule has 0 fully saturated rings. The molecular weight excluding hydrogens is 363 g/mol. The fraction of sp³-hybridized carbons (Fsp3) is 0.278. The number of alkyl halides is 3. The molecule has 0 aliphatic heterocycles. The van der Waals surface area contributed by atoms with Crippen molar-refractivity contribution in [2.45, 2.75) is 25.7 Å². The summed E-state index contributed by atoms with van der Waals surface area (Å²) in [6.07, 6.45) is -3.96. The summed E-state index contributed by atoms with van der Waals surface area (Å²) < 4.78 is 46.3. The van der Waals surface area contributed by atoms with E-state index in [9.17, 15) is 22.8 Å². The molecule has 1 aromatic carbocycles. The van der Waals surface area contributed by atoms with Crippen molar-refractivity contribution in [1.82, 2.24) is 10.3 Å². The Hall–Kier alpha value is -3.10. The first-order valence-corrected chi connectivity index (χ1v) is 7.85. The summed E-state index contributed by atoms with van der Waals surface area (Å²) >= 11 is 0. The van der Waals surface area contributed by atoms with Gasteiger partial charge in [0.1, 0.15) is 5.82 Å². The summed E-state index contributed by atoms with van der Waals surface area (Å²) in [6.45, 7) is 3.19. The normalized spacial score (nSPS) is 13.4. The van der Waals surface area contributed by atoms with Crippen molar-refractivity contribution in [2.24, 2.45) is 0 Å². The van der Waals surface area contributed by atoms with Crippen LogP contribution in [0.2, 0.25) is 0 Å². The number of halogens is 3. The van der Waals surface area contributed by atoms with Crippen LogP contribution in [0.25, 0.3) is 0 Å². The average molecular weight is 381 g/mol. The van der Waals surface area contributed by atoms with Gasteiger partial charge in [0.05, 0.1) is 7.11 Å². The van der Waals surface area contributed by atoms with Crippen molar-refractivity contribution in [1.29, 1.82) is 0 Å². The van der Waals surface area contributed by atoms with Crippen LogP contribution in [-0.2, 0) is 9.53 Å². The minimum atomic E-state index is -5.22. The van der Waals surface area contributed by atoms with Crippen LogP contribution in [0.3, 0.4) is 0 Å². The van der Waals surface area contributed by atoms with Gasteiger partial charge in [0.15, 0.2) is 0 Å². The number of methoxy groups -OCH3 is 1. The Kier molecular flexibility index (Phi) is 5.72. The summed E-state index contributed by atoms with van der Waals surface area (Å²) in [5.41, 5.74) is -2.53. The van der Waals surface area contributed by atoms with Crippen molar-refractivity contribution in [3.8, 4) is 0 Å². The second-order valence-corrected chi connectivity index (χ2v) is 5.86. The average Bonchev–Trinajstić information content (AvgIpc) is 2.61. The summed E-state index contributed by atoms with van der Waals surface area (Å²) in [5.74, 6) is -3.03.